The second-order valence-corrected chi connectivity index (χ2v) is 6.10. The fourth-order valence-electron chi connectivity index (χ4n) is 1.89. The summed E-state index contributed by atoms with van der Waals surface area (Å²) in [4.78, 5) is 11.5. The largest absolute Gasteiger partial charge is 0.497 e. The topological polar surface area (TPSA) is 93.8 Å². The standard InChI is InChI=1S/C16H26N2O4/c1-16(2,3)22-15(20)18-9-8-13(17)14(19)11-6-5-7-12(10-11)21-4/h5-7,10,13-14,19H,8-9,17H2,1-4H3,(H,18,20). The molecule has 0 aliphatic carbocycles. The summed E-state index contributed by atoms with van der Waals surface area (Å²) >= 11 is 0. The van der Waals surface area contributed by atoms with Gasteiger partial charge in [0.2, 0.25) is 0 Å². The van der Waals surface area contributed by atoms with Gasteiger partial charge < -0.3 is 25.6 Å². The lowest BCUT2D eigenvalue weighted by molar-refractivity contribution is 0.0521. The molecule has 4 N–H and O–H groups in total. The first-order valence-corrected chi connectivity index (χ1v) is 7.27. The third-order valence-electron chi connectivity index (χ3n) is 2.99. The Morgan fingerprint density at radius 2 is 2.09 bits per heavy atom. The second kappa shape index (κ2) is 8.00. The zero-order valence-corrected chi connectivity index (χ0v) is 13.6. The number of aliphatic hydroxyl groups excluding tert-OH is 1. The quantitative estimate of drug-likeness (QED) is 0.747. The highest BCUT2D eigenvalue weighted by Crippen LogP contribution is 2.21. The summed E-state index contributed by atoms with van der Waals surface area (Å²) < 4.78 is 10.2. The smallest absolute Gasteiger partial charge is 0.407 e. The van der Waals surface area contributed by atoms with Crippen molar-refractivity contribution in [2.75, 3.05) is 13.7 Å². The number of hydrogen-bond acceptors (Lipinski definition) is 5. The van der Waals surface area contributed by atoms with Crippen molar-refractivity contribution < 1.29 is 19.4 Å². The Bertz CT molecular complexity index is 485. The van der Waals surface area contributed by atoms with Crippen LogP contribution >= 0.6 is 0 Å². The first-order valence-electron chi connectivity index (χ1n) is 7.27. The molecule has 0 radical (unpaired) electrons. The fourth-order valence-corrected chi connectivity index (χ4v) is 1.89. The van der Waals surface area contributed by atoms with Gasteiger partial charge in [-0.25, -0.2) is 4.79 Å². The summed E-state index contributed by atoms with van der Waals surface area (Å²) in [5, 5.41) is 12.9. The molecule has 0 fully saturated rings. The van der Waals surface area contributed by atoms with Gasteiger partial charge in [0.15, 0.2) is 0 Å². The van der Waals surface area contributed by atoms with Crippen LogP contribution in [0.15, 0.2) is 24.3 Å². The van der Waals surface area contributed by atoms with Gasteiger partial charge in [-0.3, -0.25) is 0 Å². The van der Waals surface area contributed by atoms with E-state index < -0.39 is 23.8 Å². The van der Waals surface area contributed by atoms with Gasteiger partial charge in [0.25, 0.3) is 0 Å². The number of nitrogens with one attached hydrogen (secondary N) is 1. The molecule has 0 aliphatic heterocycles. The van der Waals surface area contributed by atoms with Crippen LogP contribution in [0, 0.1) is 0 Å². The molecule has 0 aromatic heterocycles. The van der Waals surface area contributed by atoms with E-state index in [2.05, 4.69) is 5.32 Å². The summed E-state index contributed by atoms with van der Waals surface area (Å²) in [5.74, 6) is 0.663. The second-order valence-electron chi connectivity index (χ2n) is 6.10. The Kier molecular flexibility index (Phi) is 6.64. The SMILES string of the molecule is COc1cccc(C(O)C(N)CCNC(=O)OC(C)(C)C)c1. The fraction of sp³-hybridized carbons (Fsp3) is 0.562. The number of carbonyl (C=O) groups is 1. The summed E-state index contributed by atoms with van der Waals surface area (Å²) in [6, 6.07) is 6.62. The van der Waals surface area contributed by atoms with Crippen molar-refractivity contribution in [2.45, 2.75) is 44.9 Å². The molecule has 1 rings (SSSR count). The van der Waals surface area contributed by atoms with E-state index >= 15 is 0 Å². The number of benzene rings is 1. The van der Waals surface area contributed by atoms with Crippen LogP contribution in [0.1, 0.15) is 38.9 Å². The summed E-state index contributed by atoms with van der Waals surface area (Å²) in [6.07, 6.45) is -0.886. The molecule has 2 unspecified atom stereocenters. The first-order chi connectivity index (χ1) is 10.2. The molecule has 2 atom stereocenters. The van der Waals surface area contributed by atoms with E-state index in [1.54, 1.807) is 52.1 Å². The molecule has 0 saturated heterocycles. The third-order valence-corrected chi connectivity index (χ3v) is 2.99. The van der Waals surface area contributed by atoms with Gasteiger partial charge in [-0.15, -0.1) is 0 Å². The van der Waals surface area contributed by atoms with Crippen molar-refractivity contribution in [1.82, 2.24) is 5.32 Å². The van der Waals surface area contributed by atoms with Crippen LogP contribution in [0.5, 0.6) is 5.75 Å². The predicted octanol–water partition coefficient (Wildman–Crippen LogP) is 1.97. The Hall–Kier alpha value is -1.79. The number of nitrogens with two attached hydrogens (primary N) is 1. The summed E-state index contributed by atoms with van der Waals surface area (Å²) in [7, 11) is 1.57. The molecule has 1 aromatic rings. The molecule has 0 saturated carbocycles. The minimum Gasteiger partial charge on any atom is -0.497 e. The summed E-state index contributed by atoms with van der Waals surface area (Å²) in [6.45, 7) is 5.72. The van der Waals surface area contributed by atoms with Crippen LogP contribution in [0.3, 0.4) is 0 Å². The number of carbonyl (C=O) groups excluding carboxylic acids is 1. The molecule has 1 amide bonds. The summed E-state index contributed by atoms with van der Waals surface area (Å²) in [5.41, 5.74) is 6.12. The maximum atomic E-state index is 11.5. The number of hydrogen-bond donors (Lipinski definition) is 3. The maximum Gasteiger partial charge on any atom is 0.407 e. The minimum absolute atomic E-state index is 0.330. The highest BCUT2D eigenvalue weighted by atomic mass is 16.6. The van der Waals surface area contributed by atoms with Gasteiger partial charge in [-0.2, -0.15) is 0 Å². The number of methoxy groups -OCH3 is 1. The Morgan fingerprint density at radius 1 is 1.41 bits per heavy atom. The maximum absolute atomic E-state index is 11.5. The van der Waals surface area contributed by atoms with Crippen LogP contribution in [0.2, 0.25) is 0 Å². The molecule has 1 aromatic carbocycles. The molecule has 0 heterocycles. The zero-order chi connectivity index (χ0) is 16.8. The Morgan fingerprint density at radius 3 is 2.68 bits per heavy atom. The molecule has 0 bridgehead atoms. The zero-order valence-electron chi connectivity index (χ0n) is 13.6. The number of alkyl carbamates (subject to hydrolysis) is 1. The monoisotopic (exact) mass is 310 g/mol. The number of amides is 1. The van der Waals surface area contributed by atoms with Gasteiger partial charge in [0.1, 0.15) is 11.4 Å². The Balaban J connectivity index is 2.44. The average molecular weight is 310 g/mol. The van der Waals surface area contributed by atoms with Crippen LogP contribution in [-0.4, -0.2) is 36.5 Å². The highest BCUT2D eigenvalue weighted by molar-refractivity contribution is 5.67. The van der Waals surface area contributed by atoms with Crippen molar-refractivity contribution in [3.05, 3.63) is 29.8 Å². The number of ether oxygens (including phenoxy) is 2. The predicted molar refractivity (Wildman–Crippen MR) is 84.8 cm³/mol. The average Bonchev–Trinajstić information content (AvgIpc) is 2.44. The van der Waals surface area contributed by atoms with Gasteiger partial charge in [0, 0.05) is 12.6 Å². The molecular formula is C16H26N2O4. The van der Waals surface area contributed by atoms with E-state index in [-0.39, 0.29) is 0 Å². The van der Waals surface area contributed by atoms with E-state index in [1.165, 1.54) is 0 Å². The molecule has 6 heteroatoms. The lowest BCUT2D eigenvalue weighted by Gasteiger charge is -2.22. The molecule has 0 spiro atoms. The van der Waals surface area contributed by atoms with Crippen LogP contribution in [-0.2, 0) is 4.74 Å². The van der Waals surface area contributed by atoms with Crippen LogP contribution in [0.4, 0.5) is 4.79 Å². The first kappa shape index (κ1) is 18.3. The normalized spacial score (nSPS) is 14.1. The van der Waals surface area contributed by atoms with Gasteiger partial charge in [-0.1, -0.05) is 12.1 Å². The highest BCUT2D eigenvalue weighted by Gasteiger charge is 2.19. The molecule has 124 valence electrons. The van der Waals surface area contributed by atoms with Gasteiger partial charge in [0.05, 0.1) is 13.2 Å². The van der Waals surface area contributed by atoms with E-state index in [0.717, 1.165) is 0 Å². The molecule has 0 aliphatic rings. The number of rotatable bonds is 6. The van der Waals surface area contributed by atoms with E-state index in [1.807, 2.05) is 0 Å². The molecule has 22 heavy (non-hydrogen) atoms. The van der Waals surface area contributed by atoms with E-state index in [4.69, 9.17) is 15.2 Å². The van der Waals surface area contributed by atoms with Crippen molar-refractivity contribution >= 4 is 6.09 Å². The Labute approximate surface area is 131 Å². The number of aliphatic hydroxyl groups is 1. The van der Waals surface area contributed by atoms with E-state index in [9.17, 15) is 9.90 Å². The molecule has 6 nitrogen and oxygen atoms in total. The third kappa shape index (κ3) is 6.32. The van der Waals surface area contributed by atoms with Crippen molar-refractivity contribution in [1.29, 1.82) is 0 Å². The van der Waals surface area contributed by atoms with E-state index in [0.29, 0.717) is 24.3 Å². The van der Waals surface area contributed by atoms with Crippen LogP contribution < -0.4 is 15.8 Å². The minimum atomic E-state index is -0.824. The lowest BCUT2D eigenvalue weighted by atomic mass is 10.0. The van der Waals surface area contributed by atoms with Crippen LogP contribution in [0.25, 0.3) is 0 Å². The van der Waals surface area contributed by atoms with Crippen molar-refractivity contribution in [3.63, 3.8) is 0 Å². The van der Waals surface area contributed by atoms with Gasteiger partial charge >= 0.3 is 6.09 Å². The molecular weight excluding hydrogens is 284 g/mol. The van der Waals surface area contributed by atoms with Crippen molar-refractivity contribution in [2.24, 2.45) is 5.73 Å². The van der Waals surface area contributed by atoms with Crippen molar-refractivity contribution in [3.8, 4) is 5.75 Å². The lowest BCUT2D eigenvalue weighted by Crippen LogP contribution is -2.37. The van der Waals surface area contributed by atoms with Gasteiger partial charge in [-0.05, 0) is 44.9 Å².